The molecule has 0 radical (unpaired) electrons. The number of methoxy groups -OCH3 is 1. The number of carbonyl (C=O) groups excluding carboxylic acids is 3. The zero-order valence-electron chi connectivity index (χ0n) is 23.4. The predicted octanol–water partition coefficient (Wildman–Crippen LogP) is 3.80. The van der Waals surface area contributed by atoms with Crippen LogP contribution in [0.2, 0.25) is 0 Å². The number of carbonyl (C=O) groups is 3. The summed E-state index contributed by atoms with van der Waals surface area (Å²) in [5, 5.41) is 5.78. The van der Waals surface area contributed by atoms with Gasteiger partial charge in [0.25, 0.3) is 5.56 Å². The van der Waals surface area contributed by atoms with E-state index in [9.17, 15) is 23.6 Å². The van der Waals surface area contributed by atoms with Crippen LogP contribution < -0.4 is 16.2 Å². The number of fused-ring (bicyclic) bond motifs is 1. The number of H-pyrrole nitrogens is 1. The van der Waals surface area contributed by atoms with Crippen molar-refractivity contribution in [3.63, 3.8) is 0 Å². The maximum Gasteiger partial charge on any atom is 0.407 e. The molecule has 1 aromatic carbocycles. The van der Waals surface area contributed by atoms with Crippen molar-refractivity contribution < 1.29 is 23.5 Å². The molecule has 0 saturated carbocycles. The highest BCUT2D eigenvalue weighted by molar-refractivity contribution is 5.96. The van der Waals surface area contributed by atoms with E-state index >= 15 is 0 Å². The Morgan fingerprint density at radius 3 is 2.62 bits per heavy atom. The Morgan fingerprint density at radius 1 is 1.20 bits per heavy atom. The zero-order chi connectivity index (χ0) is 29.4. The third-order valence-corrected chi connectivity index (χ3v) is 6.19. The van der Waals surface area contributed by atoms with E-state index in [-0.39, 0.29) is 30.4 Å². The molecule has 214 valence electrons. The van der Waals surface area contributed by atoms with Gasteiger partial charge >= 0.3 is 6.09 Å². The van der Waals surface area contributed by atoms with Gasteiger partial charge in [0, 0.05) is 36.9 Å². The normalized spacial score (nSPS) is 12.1. The molecule has 0 bridgehead atoms. The fraction of sp³-hybridized carbons (Fsp3) is 0.379. The number of hydrogen-bond acceptors (Lipinski definition) is 5. The Labute approximate surface area is 232 Å². The monoisotopic (exact) mass is 553 g/mol. The lowest BCUT2D eigenvalue weighted by Crippen LogP contribution is -2.44. The van der Waals surface area contributed by atoms with Gasteiger partial charge in [-0.15, -0.1) is 0 Å². The number of rotatable bonds is 11. The number of nitrogens with zero attached hydrogens (tertiary/aromatic N) is 2. The average molecular weight is 554 g/mol. The van der Waals surface area contributed by atoms with Crippen LogP contribution in [0.5, 0.6) is 0 Å². The molecule has 40 heavy (non-hydrogen) atoms. The summed E-state index contributed by atoms with van der Waals surface area (Å²) in [6, 6.07) is 6.89. The quantitative estimate of drug-likeness (QED) is 0.312. The number of benzene rings is 1. The Balaban J connectivity index is 1.78. The number of alkyl carbamates (subject to hydrolysis) is 1. The molecule has 1 unspecified atom stereocenters. The maximum absolute atomic E-state index is 14.2. The van der Waals surface area contributed by atoms with Crippen LogP contribution in [0.15, 0.2) is 53.5 Å². The van der Waals surface area contributed by atoms with Crippen molar-refractivity contribution >= 4 is 34.5 Å². The number of amides is 3. The molecule has 3 rings (SSSR count). The summed E-state index contributed by atoms with van der Waals surface area (Å²) in [6.07, 6.45) is 4.98. The second-order valence-electron chi connectivity index (χ2n) is 10.2. The maximum atomic E-state index is 14.2. The van der Waals surface area contributed by atoms with Crippen molar-refractivity contribution in [2.24, 2.45) is 5.92 Å². The van der Waals surface area contributed by atoms with E-state index in [1.807, 2.05) is 6.07 Å². The van der Waals surface area contributed by atoms with Gasteiger partial charge in [-0.05, 0) is 67.2 Å². The van der Waals surface area contributed by atoms with Gasteiger partial charge in [-0.3, -0.25) is 14.4 Å². The molecule has 0 aliphatic rings. The summed E-state index contributed by atoms with van der Waals surface area (Å²) >= 11 is 0. The van der Waals surface area contributed by atoms with Crippen LogP contribution in [0, 0.1) is 11.7 Å². The third kappa shape index (κ3) is 8.05. The minimum absolute atomic E-state index is 0.0325. The van der Waals surface area contributed by atoms with Gasteiger partial charge in [-0.2, -0.15) is 0 Å². The molecule has 3 amide bonds. The molecule has 2 aromatic heterocycles. The van der Waals surface area contributed by atoms with Crippen LogP contribution in [0.1, 0.15) is 37.9 Å². The standard InChI is InChI=1S/C29H36FN5O5/c1-18(2)13-19-14-21(30)15-20-16-22(31-26(19)20)17-35-12-8-10-24(28(35)38)32-27(37)23(33-29(39)40-5)9-6-7-11-25(36)34(3)4/h7-8,10-12,14-16,18,23,31H,6,9,13,17H2,1-5H3,(H,32,37)(H,33,39). The van der Waals surface area contributed by atoms with E-state index < -0.39 is 23.6 Å². The van der Waals surface area contributed by atoms with Crippen LogP contribution in [-0.4, -0.2) is 59.6 Å². The van der Waals surface area contributed by atoms with Gasteiger partial charge in [0.15, 0.2) is 0 Å². The van der Waals surface area contributed by atoms with Crippen LogP contribution >= 0.6 is 0 Å². The molecule has 0 aliphatic heterocycles. The number of halogens is 1. The summed E-state index contributed by atoms with van der Waals surface area (Å²) in [7, 11) is 4.42. The second kappa shape index (κ2) is 13.6. The summed E-state index contributed by atoms with van der Waals surface area (Å²) in [4.78, 5) is 54.5. The minimum Gasteiger partial charge on any atom is -0.453 e. The van der Waals surface area contributed by atoms with E-state index in [1.54, 1.807) is 32.4 Å². The number of anilines is 1. The number of nitrogens with one attached hydrogen (secondary N) is 3. The van der Waals surface area contributed by atoms with Crippen molar-refractivity contribution in [1.29, 1.82) is 0 Å². The SMILES string of the molecule is COC(=O)NC(CCC=CC(=O)N(C)C)C(=O)Nc1cccn(Cc2cc3cc(F)cc(CC(C)C)c3[nH]2)c1=O. The van der Waals surface area contributed by atoms with Gasteiger partial charge in [0.05, 0.1) is 13.7 Å². The van der Waals surface area contributed by atoms with Crippen LogP contribution in [0.4, 0.5) is 14.9 Å². The Morgan fingerprint density at radius 2 is 1.95 bits per heavy atom. The van der Waals surface area contributed by atoms with E-state index in [4.69, 9.17) is 0 Å². The van der Waals surface area contributed by atoms with E-state index in [1.165, 1.54) is 40.9 Å². The largest absolute Gasteiger partial charge is 0.453 e. The lowest BCUT2D eigenvalue weighted by Gasteiger charge is -2.17. The molecule has 0 spiro atoms. The van der Waals surface area contributed by atoms with Gasteiger partial charge in [0.2, 0.25) is 11.8 Å². The Bertz CT molecular complexity index is 1460. The Hall–Kier alpha value is -4.41. The van der Waals surface area contributed by atoms with Gasteiger partial charge in [-0.25, -0.2) is 9.18 Å². The summed E-state index contributed by atoms with van der Waals surface area (Å²) in [6.45, 7) is 4.30. The predicted molar refractivity (Wildman–Crippen MR) is 152 cm³/mol. The molecule has 0 aliphatic carbocycles. The average Bonchev–Trinajstić information content (AvgIpc) is 3.29. The summed E-state index contributed by atoms with van der Waals surface area (Å²) < 4.78 is 20.2. The first kappa shape index (κ1) is 30.1. The van der Waals surface area contributed by atoms with Crippen molar-refractivity contribution in [3.8, 4) is 0 Å². The van der Waals surface area contributed by atoms with Crippen molar-refractivity contribution in [1.82, 2.24) is 19.8 Å². The van der Waals surface area contributed by atoms with Crippen molar-refractivity contribution in [2.75, 3.05) is 26.5 Å². The lowest BCUT2D eigenvalue weighted by atomic mass is 10.0. The van der Waals surface area contributed by atoms with Crippen LogP contribution in [0.3, 0.4) is 0 Å². The number of pyridine rings is 1. The van der Waals surface area contributed by atoms with Crippen molar-refractivity contribution in [3.05, 3.63) is 76.1 Å². The fourth-order valence-corrected chi connectivity index (χ4v) is 4.25. The molecule has 2 heterocycles. The van der Waals surface area contributed by atoms with Crippen molar-refractivity contribution in [2.45, 2.75) is 45.7 Å². The second-order valence-corrected chi connectivity index (χ2v) is 10.2. The first-order valence-corrected chi connectivity index (χ1v) is 13.0. The number of ether oxygens (including phenoxy) is 1. The topological polar surface area (TPSA) is 126 Å². The highest BCUT2D eigenvalue weighted by atomic mass is 19.1. The highest BCUT2D eigenvalue weighted by Crippen LogP contribution is 2.24. The number of hydrogen-bond donors (Lipinski definition) is 3. The van der Waals surface area contributed by atoms with Gasteiger partial charge < -0.3 is 29.8 Å². The van der Waals surface area contributed by atoms with Crippen LogP contribution in [-0.2, 0) is 27.3 Å². The van der Waals surface area contributed by atoms with E-state index in [0.29, 0.717) is 24.5 Å². The zero-order valence-corrected chi connectivity index (χ0v) is 23.4. The molecule has 11 heteroatoms. The molecular formula is C29H36FN5O5. The Kier molecular flexibility index (Phi) is 10.2. The molecule has 1 atom stereocenters. The smallest absolute Gasteiger partial charge is 0.407 e. The molecule has 10 nitrogen and oxygen atoms in total. The first-order valence-electron chi connectivity index (χ1n) is 13.0. The number of aromatic amines is 1. The fourth-order valence-electron chi connectivity index (χ4n) is 4.25. The van der Waals surface area contributed by atoms with Gasteiger partial charge in [0.1, 0.15) is 17.5 Å². The van der Waals surface area contributed by atoms with Gasteiger partial charge in [-0.1, -0.05) is 19.9 Å². The molecule has 0 fully saturated rings. The third-order valence-electron chi connectivity index (χ3n) is 6.19. The highest BCUT2D eigenvalue weighted by Gasteiger charge is 2.22. The minimum atomic E-state index is -1.01. The molecular weight excluding hydrogens is 517 g/mol. The van der Waals surface area contributed by atoms with E-state index in [2.05, 4.69) is 34.2 Å². The molecule has 3 aromatic rings. The number of likely N-dealkylation sites (N-methyl/N-ethyl adjacent to an activating group) is 1. The molecule has 0 saturated heterocycles. The van der Waals surface area contributed by atoms with Crippen LogP contribution in [0.25, 0.3) is 10.9 Å². The lowest BCUT2D eigenvalue weighted by molar-refractivity contribution is -0.123. The molecule has 3 N–H and O–H groups in total. The summed E-state index contributed by atoms with van der Waals surface area (Å²) in [5.41, 5.74) is 2.00. The summed E-state index contributed by atoms with van der Waals surface area (Å²) in [5.74, 6) is -0.783. The van der Waals surface area contributed by atoms with E-state index in [0.717, 1.165) is 16.5 Å². The first-order chi connectivity index (χ1) is 19.0. The number of allylic oxidation sites excluding steroid dienone is 1. The number of aromatic nitrogens is 2.